The zero-order valence-corrected chi connectivity index (χ0v) is 16.9. The summed E-state index contributed by atoms with van der Waals surface area (Å²) in [6.07, 6.45) is 1.10. The third-order valence-electron chi connectivity index (χ3n) is 5.93. The monoisotopic (exact) mass is 383 g/mol. The summed E-state index contributed by atoms with van der Waals surface area (Å²) in [5.41, 5.74) is 7.32. The molecule has 29 heavy (non-hydrogen) atoms. The Labute approximate surface area is 171 Å². The predicted octanol–water partition coefficient (Wildman–Crippen LogP) is 5.98. The molecule has 0 unspecified atom stereocenters. The Morgan fingerprint density at radius 3 is 2.52 bits per heavy atom. The Bertz CT molecular complexity index is 1160. The summed E-state index contributed by atoms with van der Waals surface area (Å²) in [7, 11) is 1.76. The fraction of sp³-hybridized carbons (Fsp3) is 0.231. The Hall–Kier alpha value is -3.04. The fourth-order valence-corrected chi connectivity index (χ4v) is 4.49. The minimum atomic E-state index is 0.855. The van der Waals surface area contributed by atoms with E-state index in [1.165, 1.54) is 22.3 Å². The standard InChI is InChI=1S/C26H25NO2/c1-18-26(20-9-4-3-5-10-20)23-15-24(28-2)22(14-25(23)29-18)17-27-13-12-19-8-6-7-11-21(19)16-27/h3-11,14-15H,12-13,16-17H2,1-2H3. The van der Waals surface area contributed by atoms with Crippen LogP contribution in [0.2, 0.25) is 0 Å². The minimum absolute atomic E-state index is 0.855. The summed E-state index contributed by atoms with van der Waals surface area (Å²) < 4.78 is 12.0. The van der Waals surface area contributed by atoms with E-state index < -0.39 is 0 Å². The first kappa shape index (κ1) is 18.0. The zero-order chi connectivity index (χ0) is 19.8. The van der Waals surface area contributed by atoms with Crippen molar-refractivity contribution < 1.29 is 9.15 Å². The summed E-state index contributed by atoms with van der Waals surface area (Å²) in [6, 6.07) is 23.5. The van der Waals surface area contributed by atoms with Crippen LogP contribution in [-0.4, -0.2) is 18.6 Å². The number of ether oxygens (including phenoxy) is 1. The molecule has 0 fully saturated rings. The first-order valence-corrected chi connectivity index (χ1v) is 10.2. The number of fused-ring (bicyclic) bond motifs is 2. The van der Waals surface area contributed by atoms with Crippen LogP contribution in [-0.2, 0) is 19.5 Å². The van der Waals surface area contributed by atoms with E-state index in [1.54, 1.807) is 7.11 Å². The molecule has 5 rings (SSSR count). The molecule has 1 aliphatic rings. The smallest absolute Gasteiger partial charge is 0.135 e. The van der Waals surface area contributed by atoms with Crippen LogP contribution >= 0.6 is 0 Å². The van der Waals surface area contributed by atoms with Crippen molar-refractivity contribution in [2.24, 2.45) is 0 Å². The minimum Gasteiger partial charge on any atom is -0.496 e. The van der Waals surface area contributed by atoms with Gasteiger partial charge in [0.25, 0.3) is 0 Å². The maximum atomic E-state index is 6.16. The number of furan rings is 1. The molecule has 0 amide bonds. The summed E-state index contributed by atoms with van der Waals surface area (Å²) in [5, 5.41) is 1.11. The molecule has 0 saturated heterocycles. The highest BCUT2D eigenvalue weighted by Crippen LogP contribution is 2.38. The van der Waals surface area contributed by atoms with E-state index in [2.05, 4.69) is 65.6 Å². The molecule has 0 bridgehead atoms. The van der Waals surface area contributed by atoms with Crippen LogP contribution in [0.25, 0.3) is 22.1 Å². The van der Waals surface area contributed by atoms with Crippen LogP contribution in [0.3, 0.4) is 0 Å². The van der Waals surface area contributed by atoms with Crippen LogP contribution in [0.1, 0.15) is 22.5 Å². The molecule has 0 radical (unpaired) electrons. The number of aryl methyl sites for hydroxylation is 1. The maximum Gasteiger partial charge on any atom is 0.135 e. The van der Waals surface area contributed by atoms with Gasteiger partial charge in [-0.05, 0) is 42.2 Å². The van der Waals surface area contributed by atoms with Crippen molar-refractivity contribution in [2.45, 2.75) is 26.4 Å². The lowest BCUT2D eigenvalue weighted by Crippen LogP contribution is -2.30. The van der Waals surface area contributed by atoms with Crippen molar-refractivity contribution in [3.8, 4) is 16.9 Å². The molecule has 4 aromatic rings. The Balaban J connectivity index is 1.51. The zero-order valence-electron chi connectivity index (χ0n) is 16.9. The second kappa shape index (κ2) is 7.41. The van der Waals surface area contributed by atoms with E-state index in [1.807, 2.05) is 13.0 Å². The predicted molar refractivity (Wildman–Crippen MR) is 117 cm³/mol. The average molecular weight is 383 g/mol. The number of benzene rings is 3. The fourth-order valence-electron chi connectivity index (χ4n) is 4.49. The molecule has 146 valence electrons. The molecule has 0 atom stereocenters. The third-order valence-corrected chi connectivity index (χ3v) is 5.93. The summed E-state index contributed by atoms with van der Waals surface area (Å²) >= 11 is 0. The van der Waals surface area contributed by atoms with E-state index >= 15 is 0 Å². The van der Waals surface area contributed by atoms with Gasteiger partial charge in [0.1, 0.15) is 17.1 Å². The topological polar surface area (TPSA) is 25.6 Å². The summed E-state index contributed by atoms with van der Waals surface area (Å²) in [5.74, 6) is 1.87. The van der Waals surface area contributed by atoms with Crippen LogP contribution in [0, 0.1) is 6.92 Å². The first-order chi connectivity index (χ1) is 14.2. The summed E-state index contributed by atoms with van der Waals surface area (Å²) in [6.45, 7) is 4.93. The molecule has 3 aromatic carbocycles. The molecule has 0 N–H and O–H groups in total. The van der Waals surface area contributed by atoms with E-state index in [0.717, 1.165) is 54.1 Å². The van der Waals surface area contributed by atoms with Crippen LogP contribution in [0.5, 0.6) is 5.75 Å². The second-order valence-electron chi connectivity index (χ2n) is 7.79. The number of nitrogens with zero attached hydrogens (tertiary/aromatic N) is 1. The molecule has 3 nitrogen and oxygen atoms in total. The van der Waals surface area contributed by atoms with Gasteiger partial charge in [-0.2, -0.15) is 0 Å². The average Bonchev–Trinajstić information content (AvgIpc) is 3.08. The van der Waals surface area contributed by atoms with Crippen molar-refractivity contribution in [1.82, 2.24) is 4.90 Å². The van der Waals surface area contributed by atoms with E-state index in [-0.39, 0.29) is 0 Å². The van der Waals surface area contributed by atoms with Crippen LogP contribution in [0.15, 0.2) is 71.1 Å². The normalized spacial score (nSPS) is 14.1. The van der Waals surface area contributed by atoms with E-state index in [9.17, 15) is 0 Å². The van der Waals surface area contributed by atoms with Gasteiger partial charge in [-0.1, -0.05) is 54.6 Å². The first-order valence-electron chi connectivity index (χ1n) is 10.2. The van der Waals surface area contributed by atoms with Crippen LogP contribution in [0.4, 0.5) is 0 Å². The number of methoxy groups -OCH3 is 1. The summed E-state index contributed by atoms with van der Waals surface area (Å²) in [4.78, 5) is 2.49. The molecule has 0 spiro atoms. The molecule has 0 saturated carbocycles. The maximum absolute atomic E-state index is 6.16. The van der Waals surface area contributed by atoms with Gasteiger partial charge in [0.15, 0.2) is 0 Å². The van der Waals surface area contributed by atoms with Gasteiger partial charge in [-0.15, -0.1) is 0 Å². The molecular formula is C26H25NO2. The van der Waals surface area contributed by atoms with Crippen molar-refractivity contribution in [2.75, 3.05) is 13.7 Å². The Morgan fingerprint density at radius 2 is 1.72 bits per heavy atom. The second-order valence-corrected chi connectivity index (χ2v) is 7.79. The van der Waals surface area contributed by atoms with Gasteiger partial charge in [0.2, 0.25) is 0 Å². The highest BCUT2D eigenvalue weighted by Gasteiger charge is 2.20. The third kappa shape index (κ3) is 3.32. The van der Waals surface area contributed by atoms with E-state index in [0.29, 0.717) is 0 Å². The molecule has 1 aromatic heterocycles. The SMILES string of the molecule is COc1cc2c(-c3ccccc3)c(C)oc2cc1CN1CCc2ccccc2C1. The van der Waals surface area contributed by atoms with Gasteiger partial charge in [-0.25, -0.2) is 0 Å². The molecular weight excluding hydrogens is 358 g/mol. The van der Waals surface area contributed by atoms with Crippen molar-refractivity contribution in [1.29, 1.82) is 0 Å². The molecule has 0 aliphatic carbocycles. The van der Waals surface area contributed by atoms with E-state index in [4.69, 9.17) is 9.15 Å². The Kier molecular flexibility index (Phi) is 4.61. The van der Waals surface area contributed by atoms with Crippen LogP contribution < -0.4 is 4.74 Å². The molecule has 2 heterocycles. The lowest BCUT2D eigenvalue weighted by molar-refractivity contribution is 0.242. The number of hydrogen-bond acceptors (Lipinski definition) is 3. The lowest BCUT2D eigenvalue weighted by Gasteiger charge is -2.29. The lowest BCUT2D eigenvalue weighted by atomic mass is 9.98. The van der Waals surface area contributed by atoms with Gasteiger partial charge in [0.05, 0.1) is 7.11 Å². The van der Waals surface area contributed by atoms with Gasteiger partial charge in [0, 0.05) is 36.1 Å². The van der Waals surface area contributed by atoms with Crippen molar-refractivity contribution in [3.63, 3.8) is 0 Å². The quantitative estimate of drug-likeness (QED) is 0.434. The van der Waals surface area contributed by atoms with Crippen molar-refractivity contribution in [3.05, 3.63) is 89.2 Å². The number of rotatable bonds is 4. The molecule has 3 heteroatoms. The largest absolute Gasteiger partial charge is 0.496 e. The van der Waals surface area contributed by atoms with Gasteiger partial charge in [-0.3, -0.25) is 4.90 Å². The number of hydrogen-bond donors (Lipinski definition) is 0. The van der Waals surface area contributed by atoms with Gasteiger partial charge >= 0.3 is 0 Å². The molecule has 1 aliphatic heterocycles. The highest BCUT2D eigenvalue weighted by molar-refractivity contribution is 5.97. The highest BCUT2D eigenvalue weighted by atomic mass is 16.5. The Morgan fingerprint density at radius 1 is 0.966 bits per heavy atom. The van der Waals surface area contributed by atoms with Crippen molar-refractivity contribution >= 4 is 11.0 Å². The van der Waals surface area contributed by atoms with Gasteiger partial charge < -0.3 is 9.15 Å².